The lowest BCUT2D eigenvalue weighted by Gasteiger charge is -2.16. The standard InChI is InChI=1S/C14H17N5O/c1-2-10-20-13-8-9-18(11-13)14-15-16-17-19(14)12-6-4-3-5-7-12/h2-7,13H,1,8-11H2. The van der Waals surface area contributed by atoms with Crippen LogP contribution in [0.5, 0.6) is 0 Å². The lowest BCUT2D eigenvalue weighted by atomic mass is 10.3. The highest BCUT2D eigenvalue weighted by Gasteiger charge is 2.27. The van der Waals surface area contributed by atoms with Crippen molar-refractivity contribution in [3.8, 4) is 5.69 Å². The van der Waals surface area contributed by atoms with Crippen molar-refractivity contribution >= 4 is 5.95 Å². The summed E-state index contributed by atoms with van der Waals surface area (Å²) in [5.74, 6) is 0.765. The molecule has 6 nitrogen and oxygen atoms in total. The smallest absolute Gasteiger partial charge is 0.250 e. The van der Waals surface area contributed by atoms with Crippen LogP contribution < -0.4 is 4.90 Å². The first-order chi connectivity index (χ1) is 9.88. The highest BCUT2D eigenvalue weighted by atomic mass is 16.5. The van der Waals surface area contributed by atoms with E-state index in [9.17, 15) is 0 Å². The van der Waals surface area contributed by atoms with Crippen molar-refractivity contribution < 1.29 is 4.74 Å². The number of aromatic nitrogens is 4. The molecule has 1 aromatic heterocycles. The van der Waals surface area contributed by atoms with Crippen LogP contribution in [-0.4, -0.2) is 46.0 Å². The van der Waals surface area contributed by atoms with Gasteiger partial charge in [0.2, 0.25) is 5.95 Å². The first kappa shape index (κ1) is 12.8. The van der Waals surface area contributed by atoms with Crippen molar-refractivity contribution in [3.05, 3.63) is 43.0 Å². The summed E-state index contributed by atoms with van der Waals surface area (Å²) in [6.07, 6.45) is 2.97. The predicted molar refractivity (Wildman–Crippen MR) is 75.9 cm³/mol. The quantitative estimate of drug-likeness (QED) is 0.770. The molecule has 2 heterocycles. The number of hydrogen-bond donors (Lipinski definition) is 0. The van der Waals surface area contributed by atoms with Crippen molar-refractivity contribution in [1.82, 2.24) is 20.2 Å². The number of rotatable bonds is 5. The van der Waals surface area contributed by atoms with Crippen LogP contribution in [0.25, 0.3) is 5.69 Å². The number of benzene rings is 1. The minimum absolute atomic E-state index is 0.217. The van der Waals surface area contributed by atoms with Gasteiger partial charge >= 0.3 is 0 Å². The molecule has 0 N–H and O–H groups in total. The number of tetrazole rings is 1. The topological polar surface area (TPSA) is 56.1 Å². The molecular formula is C14H17N5O. The van der Waals surface area contributed by atoms with E-state index in [1.807, 2.05) is 30.3 Å². The number of hydrogen-bond acceptors (Lipinski definition) is 5. The maximum absolute atomic E-state index is 5.69. The molecule has 6 heteroatoms. The molecule has 0 saturated carbocycles. The van der Waals surface area contributed by atoms with Crippen molar-refractivity contribution in [2.45, 2.75) is 12.5 Å². The Bertz CT molecular complexity index is 568. The monoisotopic (exact) mass is 271 g/mol. The maximum atomic E-state index is 5.69. The van der Waals surface area contributed by atoms with E-state index in [1.165, 1.54) is 0 Å². The highest BCUT2D eigenvalue weighted by molar-refractivity contribution is 5.41. The van der Waals surface area contributed by atoms with Gasteiger partial charge < -0.3 is 9.64 Å². The van der Waals surface area contributed by atoms with E-state index in [0.717, 1.165) is 31.1 Å². The van der Waals surface area contributed by atoms with E-state index >= 15 is 0 Å². The van der Waals surface area contributed by atoms with Gasteiger partial charge in [-0.05, 0) is 29.0 Å². The van der Waals surface area contributed by atoms with Crippen LogP contribution in [-0.2, 0) is 4.74 Å². The summed E-state index contributed by atoms with van der Waals surface area (Å²) >= 11 is 0. The van der Waals surface area contributed by atoms with Crippen LogP contribution in [0.3, 0.4) is 0 Å². The predicted octanol–water partition coefficient (Wildman–Crippen LogP) is 1.44. The summed E-state index contributed by atoms with van der Waals surface area (Å²) in [6.45, 7) is 5.96. The summed E-state index contributed by atoms with van der Waals surface area (Å²) in [4.78, 5) is 2.15. The largest absolute Gasteiger partial charge is 0.372 e. The average Bonchev–Trinajstić information content (AvgIpc) is 3.14. The fourth-order valence-electron chi connectivity index (χ4n) is 2.37. The van der Waals surface area contributed by atoms with Gasteiger partial charge in [0.15, 0.2) is 0 Å². The molecule has 1 unspecified atom stereocenters. The van der Waals surface area contributed by atoms with Gasteiger partial charge in [0.05, 0.1) is 18.4 Å². The van der Waals surface area contributed by atoms with Crippen LogP contribution in [0.4, 0.5) is 5.95 Å². The minimum Gasteiger partial charge on any atom is -0.372 e. The van der Waals surface area contributed by atoms with Gasteiger partial charge in [0.1, 0.15) is 0 Å². The zero-order valence-corrected chi connectivity index (χ0v) is 11.2. The van der Waals surface area contributed by atoms with E-state index in [2.05, 4.69) is 27.0 Å². The molecule has 1 fully saturated rings. The third-order valence-corrected chi connectivity index (χ3v) is 3.33. The normalized spacial score (nSPS) is 18.4. The molecule has 1 aliphatic rings. The number of nitrogens with zero attached hydrogens (tertiary/aromatic N) is 5. The zero-order chi connectivity index (χ0) is 13.8. The summed E-state index contributed by atoms with van der Waals surface area (Å²) < 4.78 is 7.45. The molecule has 0 amide bonds. The molecule has 1 aromatic carbocycles. The number of anilines is 1. The Labute approximate surface area is 117 Å². The molecule has 1 atom stereocenters. The van der Waals surface area contributed by atoms with Gasteiger partial charge in [-0.15, -0.1) is 6.58 Å². The Kier molecular flexibility index (Phi) is 3.73. The third-order valence-electron chi connectivity index (χ3n) is 3.33. The van der Waals surface area contributed by atoms with Gasteiger partial charge in [-0.3, -0.25) is 0 Å². The molecule has 20 heavy (non-hydrogen) atoms. The zero-order valence-electron chi connectivity index (χ0n) is 11.2. The first-order valence-corrected chi connectivity index (χ1v) is 6.69. The van der Waals surface area contributed by atoms with E-state index in [0.29, 0.717) is 6.61 Å². The average molecular weight is 271 g/mol. The van der Waals surface area contributed by atoms with Crippen LogP contribution >= 0.6 is 0 Å². The van der Waals surface area contributed by atoms with E-state index in [-0.39, 0.29) is 6.10 Å². The second-order valence-electron chi connectivity index (χ2n) is 4.70. The van der Waals surface area contributed by atoms with E-state index in [4.69, 9.17) is 4.74 Å². The summed E-state index contributed by atoms with van der Waals surface area (Å²) in [7, 11) is 0. The Balaban J connectivity index is 1.76. The summed E-state index contributed by atoms with van der Waals surface area (Å²) in [5.41, 5.74) is 0.961. The van der Waals surface area contributed by atoms with Gasteiger partial charge in [0, 0.05) is 13.1 Å². The summed E-state index contributed by atoms with van der Waals surface area (Å²) in [6, 6.07) is 9.90. The number of ether oxygens (including phenoxy) is 1. The number of para-hydroxylation sites is 1. The van der Waals surface area contributed by atoms with Crippen molar-refractivity contribution in [3.63, 3.8) is 0 Å². The SMILES string of the molecule is C=CCOC1CCN(c2nnnn2-c2ccccc2)C1. The molecule has 0 spiro atoms. The van der Waals surface area contributed by atoms with Gasteiger partial charge in [0.25, 0.3) is 0 Å². The molecule has 104 valence electrons. The lowest BCUT2D eigenvalue weighted by Crippen LogP contribution is -2.25. The Morgan fingerprint density at radius 1 is 1.35 bits per heavy atom. The maximum Gasteiger partial charge on any atom is 0.250 e. The van der Waals surface area contributed by atoms with Crippen molar-refractivity contribution in [2.75, 3.05) is 24.6 Å². The lowest BCUT2D eigenvalue weighted by molar-refractivity contribution is 0.0908. The van der Waals surface area contributed by atoms with E-state index in [1.54, 1.807) is 10.8 Å². The Morgan fingerprint density at radius 3 is 3.00 bits per heavy atom. The fraction of sp³-hybridized carbons (Fsp3) is 0.357. The molecule has 3 rings (SSSR count). The highest BCUT2D eigenvalue weighted by Crippen LogP contribution is 2.21. The molecule has 0 aliphatic carbocycles. The fourth-order valence-corrected chi connectivity index (χ4v) is 2.37. The molecule has 2 aromatic rings. The first-order valence-electron chi connectivity index (χ1n) is 6.69. The van der Waals surface area contributed by atoms with Gasteiger partial charge in [-0.2, -0.15) is 4.68 Å². The second-order valence-corrected chi connectivity index (χ2v) is 4.70. The Morgan fingerprint density at radius 2 is 2.20 bits per heavy atom. The molecular weight excluding hydrogens is 254 g/mol. The minimum atomic E-state index is 0.217. The second kappa shape index (κ2) is 5.83. The van der Waals surface area contributed by atoms with Gasteiger partial charge in [-0.25, -0.2) is 0 Å². The third kappa shape index (κ3) is 2.55. The molecule has 1 aliphatic heterocycles. The van der Waals surface area contributed by atoms with Crippen LogP contribution in [0.15, 0.2) is 43.0 Å². The van der Waals surface area contributed by atoms with Crippen molar-refractivity contribution in [2.24, 2.45) is 0 Å². The van der Waals surface area contributed by atoms with Crippen LogP contribution in [0, 0.1) is 0 Å². The molecule has 0 radical (unpaired) electrons. The van der Waals surface area contributed by atoms with Gasteiger partial charge in [-0.1, -0.05) is 29.4 Å². The van der Waals surface area contributed by atoms with Crippen molar-refractivity contribution in [1.29, 1.82) is 0 Å². The summed E-state index contributed by atoms with van der Waals surface area (Å²) in [5, 5.41) is 12.0. The molecule has 1 saturated heterocycles. The Hall–Kier alpha value is -2.21. The molecule has 0 bridgehead atoms. The van der Waals surface area contributed by atoms with Crippen LogP contribution in [0.1, 0.15) is 6.42 Å². The van der Waals surface area contributed by atoms with Crippen LogP contribution in [0.2, 0.25) is 0 Å². The van der Waals surface area contributed by atoms with E-state index < -0.39 is 0 Å².